The predicted octanol–water partition coefficient (Wildman–Crippen LogP) is 1.82. The minimum atomic E-state index is -0.432. The van der Waals surface area contributed by atoms with Gasteiger partial charge in [0.15, 0.2) is 0 Å². The van der Waals surface area contributed by atoms with Crippen molar-refractivity contribution in [2.75, 3.05) is 0 Å². The quantitative estimate of drug-likeness (QED) is 0.597. The molecule has 0 saturated heterocycles. The second kappa shape index (κ2) is 4.06. The molecule has 1 aliphatic rings. The van der Waals surface area contributed by atoms with Crippen LogP contribution in [-0.4, -0.2) is 35.3 Å². The number of para-hydroxylation sites is 1. The van der Waals surface area contributed by atoms with Gasteiger partial charge in [-0.25, -0.2) is 0 Å². The van der Waals surface area contributed by atoms with Crippen molar-refractivity contribution in [2.24, 2.45) is 4.99 Å². The monoisotopic (exact) mass is 398 g/mol. The van der Waals surface area contributed by atoms with Gasteiger partial charge in [0.05, 0.1) is 0 Å². The fraction of sp³-hybridized carbons (Fsp3) is 0.100. The number of hydrogen-bond acceptors (Lipinski definition) is 3. The van der Waals surface area contributed by atoms with Crippen LogP contribution in [0.4, 0.5) is 0 Å². The fourth-order valence-electron chi connectivity index (χ4n) is 1.14. The molecule has 0 fully saturated rings. The Balaban J connectivity index is 2.23. The molecule has 0 saturated carbocycles. The van der Waals surface area contributed by atoms with Gasteiger partial charge in [-0.1, -0.05) is 0 Å². The second-order valence-corrected chi connectivity index (χ2v) is 6.17. The topological polar surface area (TPSA) is 21.6 Å². The third kappa shape index (κ3) is 2.20. The van der Waals surface area contributed by atoms with Crippen LogP contribution < -0.4 is 4.74 Å². The molecule has 14 heavy (non-hydrogen) atoms. The Morgan fingerprint density at radius 2 is 2.14 bits per heavy atom. The molecule has 1 heterocycles. The van der Waals surface area contributed by atoms with Crippen molar-refractivity contribution in [1.82, 2.24) is 0 Å². The van der Waals surface area contributed by atoms with Crippen LogP contribution in [0.5, 0.6) is 5.75 Å². The first-order chi connectivity index (χ1) is 6.70. The summed E-state index contributed by atoms with van der Waals surface area (Å²) < 4.78 is 5.36. The molecule has 4 heteroatoms. The van der Waals surface area contributed by atoms with Crippen molar-refractivity contribution in [3.8, 4) is 5.75 Å². The van der Waals surface area contributed by atoms with Crippen molar-refractivity contribution < 1.29 is 4.74 Å². The second-order valence-electron chi connectivity index (χ2n) is 2.90. The Labute approximate surface area is 104 Å². The van der Waals surface area contributed by atoms with Gasteiger partial charge < -0.3 is 0 Å². The van der Waals surface area contributed by atoms with Crippen molar-refractivity contribution in [2.45, 2.75) is 8.18 Å². The van der Waals surface area contributed by atoms with Crippen molar-refractivity contribution in [3.05, 3.63) is 36.4 Å². The van der Waals surface area contributed by atoms with Crippen LogP contribution in [0, 0.1) is 0 Å². The SMILES string of the molecule is Sc1ccccc1O[C]1([Pb])C=CC=N1. The van der Waals surface area contributed by atoms with Gasteiger partial charge in [0, 0.05) is 0 Å². The van der Waals surface area contributed by atoms with Gasteiger partial charge in [-0.05, 0) is 0 Å². The molecule has 0 spiro atoms. The van der Waals surface area contributed by atoms with E-state index in [0.717, 1.165) is 36.4 Å². The van der Waals surface area contributed by atoms with Crippen molar-refractivity contribution in [1.29, 1.82) is 0 Å². The number of allylic oxidation sites excluding steroid dienone is 1. The molecule has 0 aromatic heterocycles. The Morgan fingerprint density at radius 3 is 2.79 bits per heavy atom. The first kappa shape index (κ1) is 10.2. The molecule has 1 aliphatic heterocycles. The third-order valence-corrected chi connectivity index (χ3v) is 3.72. The Bertz CT molecular complexity index is 391. The number of aliphatic imine (C=N–C) groups is 1. The number of ether oxygens (including phenoxy) is 1. The Kier molecular flexibility index (Phi) is 2.96. The van der Waals surface area contributed by atoms with E-state index < -0.39 is 3.28 Å². The van der Waals surface area contributed by atoms with Gasteiger partial charge in [-0.15, -0.1) is 0 Å². The molecule has 1 atom stereocenters. The van der Waals surface area contributed by atoms with Crippen molar-refractivity contribution >= 4 is 44.6 Å². The third-order valence-electron chi connectivity index (χ3n) is 1.81. The summed E-state index contributed by atoms with van der Waals surface area (Å²) >= 11 is 5.15. The van der Waals surface area contributed by atoms with E-state index in [1.165, 1.54) is 0 Å². The number of benzene rings is 1. The molecule has 2 nitrogen and oxygen atoms in total. The van der Waals surface area contributed by atoms with E-state index in [0.29, 0.717) is 0 Å². The van der Waals surface area contributed by atoms with Crippen LogP contribution in [0.15, 0.2) is 46.3 Å². The maximum absolute atomic E-state index is 5.79. The molecular formula is C10H8NOPbS. The molecule has 0 N–H and O–H groups in total. The summed E-state index contributed by atoms with van der Waals surface area (Å²) in [6.07, 6.45) is 5.65. The average Bonchev–Trinajstić information content (AvgIpc) is 2.57. The summed E-state index contributed by atoms with van der Waals surface area (Å²) in [6, 6.07) is 7.68. The summed E-state index contributed by atoms with van der Waals surface area (Å²) in [6.45, 7) is 0. The van der Waals surface area contributed by atoms with Crippen molar-refractivity contribution in [3.63, 3.8) is 0 Å². The molecule has 1 aromatic carbocycles. The molecule has 0 bridgehead atoms. The van der Waals surface area contributed by atoms with E-state index >= 15 is 0 Å². The molecule has 0 aliphatic carbocycles. The molecule has 2 rings (SSSR count). The summed E-state index contributed by atoms with van der Waals surface area (Å²) in [5, 5.41) is 0. The maximum atomic E-state index is 5.79. The molecule has 1 unspecified atom stereocenters. The first-order valence-electron chi connectivity index (χ1n) is 4.15. The molecule has 3 radical (unpaired) electrons. The number of nitrogens with zero attached hydrogens (tertiary/aromatic N) is 1. The molecule has 69 valence electrons. The molecule has 1 aromatic rings. The summed E-state index contributed by atoms with van der Waals surface area (Å²) in [5.74, 6) is 0.787. The molecular weight excluding hydrogens is 389 g/mol. The number of rotatable bonds is 2. The van der Waals surface area contributed by atoms with Crippen LogP contribution >= 0.6 is 12.6 Å². The molecule has 0 amide bonds. The summed E-state index contributed by atoms with van der Waals surface area (Å²) in [4.78, 5) is 5.12. The number of hydrogen-bond donors (Lipinski definition) is 1. The van der Waals surface area contributed by atoms with Crippen LogP contribution in [-0.2, 0) is 0 Å². The van der Waals surface area contributed by atoms with Gasteiger partial charge in [0.2, 0.25) is 0 Å². The van der Waals surface area contributed by atoms with E-state index in [9.17, 15) is 0 Å². The van der Waals surface area contributed by atoms with Crippen LogP contribution in [0.25, 0.3) is 0 Å². The normalized spacial score (nSPS) is 24.1. The van der Waals surface area contributed by atoms with E-state index in [1.54, 1.807) is 6.21 Å². The summed E-state index contributed by atoms with van der Waals surface area (Å²) in [7, 11) is 0. The van der Waals surface area contributed by atoms with Gasteiger partial charge in [-0.2, -0.15) is 0 Å². The minimum absolute atomic E-state index is 0.432. The van der Waals surface area contributed by atoms with Crippen LogP contribution in [0.3, 0.4) is 0 Å². The van der Waals surface area contributed by atoms with Gasteiger partial charge in [0.1, 0.15) is 0 Å². The predicted molar refractivity (Wildman–Crippen MR) is 60.4 cm³/mol. The van der Waals surface area contributed by atoms with Crippen LogP contribution in [0.2, 0.25) is 0 Å². The van der Waals surface area contributed by atoms with E-state index in [2.05, 4.69) is 17.6 Å². The Hall–Kier alpha value is -0.298. The summed E-state index contributed by atoms with van der Waals surface area (Å²) in [5.41, 5.74) is 0. The van der Waals surface area contributed by atoms with E-state index in [4.69, 9.17) is 4.74 Å². The zero-order chi connectivity index (χ0) is 10.0. The number of thiol groups is 1. The van der Waals surface area contributed by atoms with E-state index in [-0.39, 0.29) is 0 Å². The van der Waals surface area contributed by atoms with Gasteiger partial charge in [0.25, 0.3) is 0 Å². The van der Waals surface area contributed by atoms with Crippen LogP contribution in [0.1, 0.15) is 0 Å². The first-order valence-corrected chi connectivity index (χ1v) is 6.54. The standard InChI is InChI=1S/C10H8NOS.Pb/c13-9-5-2-1-4-8(9)12-10-6-3-7-11-10;/h1-7,13H;. The van der Waals surface area contributed by atoms with Gasteiger partial charge in [-0.3, -0.25) is 0 Å². The zero-order valence-corrected chi connectivity index (χ0v) is 12.1. The van der Waals surface area contributed by atoms with E-state index in [1.807, 2.05) is 36.4 Å². The average molecular weight is 397 g/mol. The zero-order valence-electron chi connectivity index (χ0n) is 7.34. The fourth-order valence-corrected chi connectivity index (χ4v) is 2.44. The van der Waals surface area contributed by atoms with Gasteiger partial charge >= 0.3 is 105 Å². The Morgan fingerprint density at radius 1 is 1.36 bits per heavy atom.